The summed E-state index contributed by atoms with van der Waals surface area (Å²) in [6, 6.07) is 3.22. The summed E-state index contributed by atoms with van der Waals surface area (Å²) < 4.78 is 46.0. The molecule has 82 valence electrons. The van der Waals surface area contributed by atoms with E-state index >= 15 is 0 Å². The van der Waals surface area contributed by atoms with Crippen molar-refractivity contribution >= 4 is 5.90 Å². The van der Waals surface area contributed by atoms with Crippen LogP contribution in [0.15, 0.2) is 27.8 Å². The standard InChI is InChI=1S/C9H8F3NO2/c10-9(11,12)4-6-5-13-8(15-6)7-2-1-3-14-7/h1-3,6H,4-5H2. The summed E-state index contributed by atoms with van der Waals surface area (Å²) in [7, 11) is 0. The molecule has 15 heavy (non-hydrogen) atoms. The molecular weight excluding hydrogens is 211 g/mol. The maximum atomic E-state index is 12.0. The van der Waals surface area contributed by atoms with Crippen LogP contribution in [-0.4, -0.2) is 24.7 Å². The number of halogens is 3. The van der Waals surface area contributed by atoms with Crippen molar-refractivity contribution in [3.63, 3.8) is 0 Å². The molecule has 0 fully saturated rings. The Morgan fingerprint density at radius 1 is 1.47 bits per heavy atom. The number of aliphatic imine (C=N–C) groups is 1. The second-order valence-corrected chi connectivity index (χ2v) is 3.18. The van der Waals surface area contributed by atoms with E-state index in [9.17, 15) is 13.2 Å². The van der Waals surface area contributed by atoms with Crippen molar-refractivity contribution in [3.8, 4) is 0 Å². The first-order valence-corrected chi connectivity index (χ1v) is 4.36. The minimum Gasteiger partial charge on any atom is -0.470 e. The Morgan fingerprint density at radius 3 is 2.87 bits per heavy atom. The topological polar surface area (TPSA) is 34.7 Å². The second-order valence-electron chi connectivity index (χ2n) is 3.18. The average Bonchev–Trinajstić information content (AvgIpc) is 2.68. The number of hydrogen-bond acceptors (Lipinski definition) is 3. The lowest BCUT2D eigenvalue weighted by atomic mass is 10.2. The van der Waals surface area contributed by atoms with Crippen LogP contribution in [-0.2, 0) is 4.74 Å². The summed E-state index contributed by atoms with van der Waals surface area (Å²) in [4.78, 5) is 3.84. The van der Waals surface area contributed by atoms with Crippen molar-refractivity contribution in [3.05, 3.63) is 24.2 Å². The predicted octanol–water partition coefficient (Wildman–Crippen LogP) is 2.38. The van der Waals surface area contributed by atoms with E-state index in [0.29, 0.717) is 5.76 Å². The minimum absolute atomic E-state index is 0.0234. The number of alkyl halides is 3. The molecule has 1 unspecified atom stereocenters. The third-order valence-corrected chi connectivity index (χ3v) is 1.91. The second kappa shape index (κ2) is 3.60. The summed E-state index contributed by atoms with van der Waals surface area (Å²) in [6.07, 6.45) is -4.72. The van der Waals surface area contributed by atoms with Gasteiger partial charge in [0.25, 0.3) is 5.90 Å². The molecule has 1 atom stereocenters. The van der Waals surface area contributed by atoms with Crippen LogP contribution in [0.25, 0.3) is 0 Å². The van der Waals surface area contributed by atoms with E-state index in [2.05, 4.69) is 4.99 Å². The number of furan rings is 1. The summed E-state index contributed by atoms with van der Waals surface area (Å²) in [5.41, 5.74) is 0. The molecule has 2 rings (SSSR count). The fraction of sp³-hybridized carbons (Fsp3) is 0.444. The van der Waals surface area contributed by atoms with Gasteiger partial charge < -0.3 is 9.15 Å². The van der Waals surface area contributed by atoms with Crippen molar-refractivity contribution in [1.82, 2.24) is 0 Å². The highest BCUT2D eigenvalue weighted by molar-refractivity contribution is 5.92. The minimum atomic E-state index is -4.22. The van der Waals surface area contributed by atoms with Crippen molar-refractivity contribution in [1.29, 1.82) is 0 Å². The number of nitrogens with zero attached hydrogens (tertiary/aromatic N) is 1. The van der Waals surface area contributed by atoms with Crippen LogP contribution >= 0.6 is 0 Å². The molecule has 0 aromatic carbocycles. The van der Waals surface area contributed by atoms with E-state index in [1.807, 2.05) is 0 Å². The quantitative estimate of drug-likeness (QED) is 0.765. The highest BCUT2D eigenvalue weighted by atomic mass is 19.4. The zero-order valence-corrected chi connectivity index (χ0v) is 7.62. The van der Waals surface area contributed by atoms with E-state index in [4.69, 9.17) is 9.15 Å². The lowest BCUT2D eigenvalue weighted by Crippen LogP contribution is -2.22. The molecule has 0 bridgehead atoms. The lowest BCUT2D eigenvalue weighted by Gasteiger charge is -2.12. The third-order valence-electron chi connectivity index (χ3n) is 1.91. The van der Waals surface area contributed by atoms with Crippen molar-refractivity contribution < 1.29 is 22.3 Å². The first-order valence-electron chi connectivity index (χ1n) is 4.36. The molecule has 1 aromatic heterocycles. The summed E-state index contributed by atoms with van der Waals surface area (Å²) >= 11 is 0. The first kappa shape index (κ1) is 10.1. The maximum absolute atomic E-state index is 12.0. The van der Waals surface area contributed by atoms with Crippen molar-refractivity contribution in [2.75, 3.05) is 6.54 Å². The van der Waals surface area contributed by atoms with Crippen LogP contribution in [0, 0.1) is 0 Å². The molecule has 0 aliphatic carbocycles. The molecule has 0 N–H and O–H groups in total. The Balaban J connectivity index is 1.94. The van der Waals surface area contributed by atoms with Crippen LogP contribution < -0.4 is 0 Å². The molecule has 2 heterocycles. The average molecular weight is 219 g/mol. The van der Waals surface area contributed by atoms with E-state index in [1.54, 1.807) is 12.1 Å². The van der Waals surface area contributed by atoms with Gasteiger partial charge in [0, 0.05) is 0 Å². The van der Waals surface area contributed by atoms with Gasteiger partial charge in [-0.15, -0.1) is 0 Å². The van der Waals surface area contributed by atoms with E-state index in [1.165, 1.54) is 6.26 Å². The van der Waals surface area contributed by atoms with Gasteiger partial charge in [0.2, 0.25) is 0 Å². The molecule has 3 nitrogen and oxygen atoms in total. The SMILES string of the molecule is FC(F)(F)CC1CN=C(c2ccco2)O1. The van der Waals surface area contributed by atoms with E-state index < -0.39 is 18.7 Å². The van der Waals surface area contributed by atoms with Gasteiger partial charge in [-0.3, -0.25) is 0 Å². The molecule has 0 radical (unpaired) electrons. The summed E-state index contributed by atoms with van der Waals surface area (Å²) in [5, 5.41) is 0. The molecule has 0 amide bonds. The zero-order chi connectivity index (χ0) is 10.9. The molecule has 1 aliphatic rings. The fourth-order valence-corrected chi connectivity index (χ4v) is 1.32. The zero-order valence-electron chi connectivity index (χ0n) is 7.62. The number of ether oxygens (including phenoxy) is 1. The van der Waals surface area contributed by atoms with E-state index in [0.717, 1.165) is 0 Å². The van der Waals surface area contributed by atoms with E-state index in [-0.39, 0.29) is 12.4 Å². The summed E-state index contributed by atoms with van der Waals surface area (Å²) in [5.74, 6) is 0.508. The smallest absolute Gasteiger partial charge is 0.392 e. The normalized spacial score (nSPS) is 21.3. The van der Waals surface area contributed by atoms with Crippen LogP contribution in [0.5, 0.6) is 0 Å². The van der Waals surface area contributed by atoms with Gasteiger partial charge in [-0.1, -0.05) is 0 Å². The largest absolute Gasteiger partial charge is 0.470 e. The Morgan fingerprint density at radius 2 is 2.27 bits per heavy atom. The van der Waals surface area contributed by atoms with Gasteiger partial charge in [0.15, 0.2) is 5.76 Å². The molecule has 1 aliphatic heterocycles. The number of hydrogen-bond donors (Lipinski definition) is 0. The Kier molecular flexibility index (Phi) is 2.42. The van der Waals surface area contributed by atoms with Crippen molar-refractivity contribution in [2.24, 2.45) is 4.99 Å². The van der Waals surface area contributed by atoms with Crippen molar-refractivity contribution in [2.45, 2.75) is 18.7 Å². The maximum Gasteiger partial charge on any atom is 0.392 e. The van der Waals surface area contributed by atoms with Gasteiger partial charge in [0.1, 0.15) is 6.10 Å². The third kappa shape index (κ3) is 2.51. The summed E-state index contributed by atoms with van der Waals surface area (Å²) in [6.45, 7) is 0.0234. The molecule has 0 saturated heterocycles. The molecule has 1 aromatic rings. The predicted molar refractivity (Wildman–Crippen MR) is 45.7 cm³/mol. The van der Waals surface area contributed by atoms with Gasteiger partial charge in [-0.05, 0) is 12.1 Å². The Labute approximate surface area is 83.6 Å². The Bertz CT molecular complexity index is 356. The van der Waals surface area contributed by atoms with Crippen LogP contribution in [0.3, 0.4) is 0 Å². The highest BCUT2D eigenvalue weighted by Gasteiger charge is 2.36. The van der Waals surface area contributed by atoms with Crippen LogP contribution in [0.1, 0.15) is 12.2 Å². The number of rotatable bonds is 2. The van der Waals surface area contributed by atoms with Gasteiger partial charge in [-0.25, -0.2) is 4.99 Å². The monoisotopic (exact) mass is 219 g/mol. The van der Waals surface area contributed by atoms with Crippen LogP contribution in [0.2, 0.25) is 0 Å². The molecular formula is C9H8F3NO2. The van der Waals surface area contributed by atoms with Gasteiger partial charge in [0.05, 0.1) is 19.2 Å². The highest BCUT2D eigenvalue weighted by Crippen LogP contribution is 2.26. The molecule has 6 heteroatoms. The Hall–Kier alpha value is -1.46. The van der Waals surface area contributed by atoms with Crippen LogP contribution in [0.4, 0.5) is 13.2 Å². The van der Waals surface area contributed by atoms with Gasteiger partial charge >= 0.3 is 6.18 Å². The lowest BCUT2D eigenvalue weighted by molar-refractivity contribution is -0.149. The van der Waals surface area contributed by atoms with Gasteiger partial charge in [-0.2, -0.15) is 13.2 Å². The fourth-order valence-electron chi connectivity index (χ4n) is 1.32. The molecule has 0 saturated carbocycles. The molecule has 0 spiro atoms. The first-order chi connectivity index (χ1) is 7.04.